The summed E-state index contributed by atoms with van der Waals surface area (Å²) in [6.45, 7) is 1.21. The predicted molar refractivity (Wildman–Crippen MR) is 123 cm³/mol. The third kappa shape index (κ3) is 5.80. The minimum Gasteiger partial charge on any atom is -0.345 e. The molecule has 2 atom stereocenters. The minimum absolute atomic E-state index is 0.0474. The van der Waals surface area contributed by atoms with Crippen molar-refractivity contribution in [1.29, 1.82) is 0 Å². The highest BCUT2D eigenvalue weighted by Gasteiger charge is 2.41. The lowest BCUT2D eigenvalue weighted by molar-refractivity contribution is -0.180. The summed E-state index contributed by atoms with van der Waals surface area (Å²) in [5, 5.41) is 1.56. The Morgan fingerprint density at radius 3 is 2.73 bits per heavy atom. The maximum absolute atomic E-state index is 6.49. The van der Waals surface area contributed by atoms with Gasteiger partial charge in [0.1, 0.15) is 0 Å². The summed E-state index contributed by atoms with van der Waals surface area (Å²) in [5.41, 5.74) is 2.36. The highest BCUT2D eigenvalue weighted by molar-refractivity contribution is 7.98. The van der Waals surface area contributed by atoms with Crippen LogP contribution in [0, 0.1) is 0 Å². The van der Waals surface area contributed by atoms with Crippen molar-refractivity contribution >= 4 is 35.0 Å². The molecule has 2 unspecified atom stereocenters. The third-order valence-corrected chi connectivity index (χ3v) is 6.87. The fraction of sp³-hybridized carbons (Fsp3) is 0.348. The van der Waals surface area contributed by atoms with Crippen LogP contribution in [0.25, 0.3) is 0 Å². The SMILES string of the molecule is Clc1ccc(CCC2(Cn3ccnc3)OCC(CSCc3ccccc3Cl)O2)cc1. The smallest absolute Gasteiger partial charge is 0.187 e. The van der Waals surface area contributed by atoms with E-state index in [2.05, 4.69) is 23.2 Å². The van der Waals surface area contributed by atoms with Crippen molar-refractivity contribution in [3.05, 3.63) is 88.4 Å². The molecule has 1 aromatic heterocycles. The molecule has 0 radical (unpaired) electrons. The normalized spacial score (nSPS) is 21.2. The molecule has 30 heavy (non-hydrogen) atoms. The number of rotatable bonds is 9. The molecule has 2 aromatic carbocycles. The molecule has 0 spiro atoms. The Kier molecular flexibility index (Phi) is 7.39. The highest BCUT2D eigenvalue weighted by Crippen LogP contribution is 2.33. The van der Waals surface area contributed by atoms with Gasteiger partial charge in [0.15, 0.2) is 5.79 Å². The summed E-state index contributed by atoms with van der Waals surface area (Å²) in [6, 6.07) is 15.9. The number of imidazole rings is 1. The standard InChI is InChI=1S/C23H24Cl2N2O2S/c24-20-7-5-18(6-8-20)9-10-23(16-27-12-11-26-17-27)28-13-21(29-23)15-30-14-19-3-1-2-4-22(19)25/h1-8,11-12,17,21H,9-10,13-16H2. The quantitative estimate of drug-likeness (QED) is 0.398. The first kappa shape index (κ1) is 21.7. The number of ether oxygens (including phenoxy) is 2. The summed E-state index contributed by atoms with van der Waals surface area (Å²) in [5.74, 6) is 1.06. The molecular formula is C23H24Cl2N2O2S. The molecule has 158 valence electrons. The Balaban J connectivity index is 1.36. The fourth-order valence-corrected chi connectivity index (χ4v) is 4.98. The van der Waals surface area contributed by atoms with Crippen LogP contribution in [0.2, 0.25) is 10.0 Å². The lowest BCUT2D eigenvalue weighted by Crippen LogP contribution is -2.37. The Morgan fingerprint density at radius 2 is 1.97 bits per heavy atom. The number of aryl methyl sites for hydroxylation is 1. The van der Waals surface area contributed by atoms with Gasteiger partial charge in [0.05, 0.1) is 25.6 Å². The number of hydrogen-bond donors (Lipinski definition) is 0. The van der Waals surface area contributed by atoms with E-state index in [9.17, 15) is 0 Å². The number of aromatic nitrogens is 2. The van der Waals surface area contributed by atoms with Crippen molar-refractivity contribution in [2.45, 2.75) is 37.0 Å². The average Bonchev–Trinajstić information content (AvgIpc) is 3.40. The van der Waals surface area contributed by atoms with Gasteiger partial charge in [0, 0.05) is 40.4 Å². The zero-order chi connectivity index (χ0) is 20.8. The first-order valence-electron chi connectivity index (χ1n) is 9.95. The summed E-state index contributed by atoms with van der Waals surface area (Å²) in [6.07, 6.45) is 7.18. The Bertz CT molecular complexity index is 937. The van der Waals surface area contributed by atoms with E-state index >= 15 is 0 Å². The second-order valence-corrected chi connectivity index (χ2v) is 9.30. The number of benzene rings is 2. The van der Waals surface area contributed by atoms with Gasteiger partial charge in [0.2, 0.25) is 0 Å². The van der Waals surface area contributed by atoms with Crippen molar-refractivity contribution < 1.29 is 9.47 Å². The lowest BCUT2D eigenvalue weighted by Gasteiger charge is -2.28. The zero-order valence-electron chi connectivity index (χ0n) is 16.5. The van der Waals surface area contributed by atoms with Gasteiger partial charge in [-0.1, -0.05) is 53.5 Å². The van der Waals surface area contributed by atoms with Gasteiger partial charge in [-0.2, -0.15) is 11.8 Å². The largest absolute Gasteiger partial charge is 0.345 e. The van der Waals surface area contributed by atoms with Crippen LogP contribution in [0.15, 0.2) is 67.3 Å². The molecule has 2 heterocycles. The summed E-state index contributed by atoms with van der Waals surface area (Å²) in [7, 11) is 0. The van der Waals surface area contributed by atoms with Crippen LogP contribution in [-0.2, 0) is 28.2 Å². The Labute approximate surface area is 191 Å². The van der Waals surface area contributed by atoms with Gasteiger partial charge in [-0.15, -0.1) is 0 Å². The van der Waals surface area contributed by atoms with Gasteiger partial charge in [-0.25, -0.2) is 4.98 Å². The molecule has 0 saturated carbocycles. The van der Waals surface area contributed by atoms with Crippen LogP contribution < -0.4 is 0 Å². The van der Waals surface area contributed by atoms with E-state index in [1.54, 1.807) is 12.5 Å². The van der Waals surface area contributed by atoms with Crippen LogP contribution in [0.4, 0.5) is 0 Å². The predicted octanol–water partition coefficient (Wildman–Crippen LogP) is 5.87. The van der Waals surface area contributed by atoms with Gasteiger partial charge in [0.25, 0.3) is 0 Å². The molecule has 1 fully saturated rings. The third-order valence-electron chi connectivity index (χ3n) is 5.12. The minimum atomic E-state index is -0.657. The number of nitrogens with zero attached hydrogens (tertiary/aromatic N) is 2. The lowest BCUT2D eigenvalue weighted by atomic mass is 10.0. The monoisotopic (exact) mass is 462 g/mol. The highest BCUT2D eigenvalue weighted by atomic mass is 35.5. The molecule has 0 bridgehead atoms. The van der Waals surface area contributed by atoms with Crippen LogP contribution in [0.3, 0.4) is 0 Å². The van der Waals surface area contributed by atoms with Gasteiger partial charge < -0.3 is 14.0 Å². The van der Waals surface area contributed by atoms with E-state index in [1.807, 2.05) is 52.9 Å². The molecule has 4 rings (SSSR count). The van der Waals surface area contributed by atoms with E-state index in [1.165, 1.54) is 5.56 Å². The molecule has 1 saturated heterocycles. The maximum Gasteiger partial charge on any atom is 0.187 e. The number of thioether (sulfide) groups is 1. The van der Waals surface area contributed by atoms with Crippen LogP contribution in [-0.4, -0.2) is 33.8 Å². The van der Waals surface area contributed by atoms with E-state index in [-0.39, 0.29) is 6.10 Å². The van der Waals surface area contributed by atoms with Crippen molar-refractivity contribution in [2.75, 3.05) is 12.4 Å². The summed E-state index contributed by atoms with van der Waals surface area (Å²) in [4.78, 5) is 4.15. The summed E-state index contributed by atoms with van der Waals surface area (Å²) >= 11 is 14.1. The van der Waals surface area contributed by atoms with Crippen molar-refractivity contribution in [3.63, 3.8) is 0 Å². The molecule has 1 aliphatic heterocycles. The topological polar surface area (TPSA) is 36.3 Å². The van der Waals surface area contributed by atoms with Crippen LogP contribution >= 0.6 is 35.0 Å². The van der Waals surface area contributed by atoms with E-state index in [4.69, 9.17) is 32.7 Å². The van der Waals surface area contributed by atoms with Gasteiger partial charge in [-0.05, 0) is 35.7 Å². The molecule has 7 heteroatoms. The molecule has 0 N–H and O–H groups in total. The zero-order valence-corrected chi connectivity index (χ0v) is 18.9. The van der Waals surface area contributed by atoms with Gasteiger partial charge >= 0.3 is 0 Å². The number of hydrogen-bond acceptors (Lipinski definition) is 4. The van der Waals surface area contributed by atoms with E-state index in [0.29, 0.717) is 13.2 Å². The van der Waals surface area contributed by atoms with Crippen LogP contribution in [0.1, 0.15) is 17.5 Å². The van der Waals surface area contributed by atoms with Crippen molar-refractivity contribution in [1.82, 2.24) is 9.55 Å². The second kappa shape index (κ2) is 10.2. The Morgan fingerprint density at radius 1 is 1.13 bits per heavy atom. The molecular weight excluding hydrogens is 439 g/mol. The Hall–Kier alpha value is -1.50. The summed E-state index contributed by atoms with van der Waals surface area (Å²) < 4.78 is 14.8. The molecule has 0 amide bonds. The second-order valence-electron chi connectivity index (χ2n) is 7.43. The first-order chi connectivity index (χ1) is 14.6. The van der Waals surface area contributed by atoms with E-state index < -0.39 is 5.79 Å². The molecule has 0 aliphatic carbocycles. The molecule has 3 aromatic rings. The fourth-order valence-electron chi connectivity index (χ4n) is 3.55. The van der Waals surface area contributed by atoms with Crippen molar-refractivity contribution in [3.8, 4) is 0 Å². The molecule has 4 nitrogen and oxygen atoms in total. The van der Waals surface area contributed by atoms with E-state index in [0.717, 1.165) is 40.0 Å². The average molecular weight is 463 g/mol. The molecule has 1 aliphatic rings. The maximum atomic E-state index is 6.49. The van der Waals surface area contributed by atoms with Gasteiger partial charge in [-0.3, -0.25) is 0 Å². The van der Waals surface area contributed by atoms with Crippen molar-refractivity contribution in [2.24, 2.45) is 0 Å². The first-order valence-corrected chi connectivity index (χ1v) is 11.9. The van der Waals surface area contributed by atoms with Crippen LogP contribution in [0.5, 0.6) is 0 Å². The number of halogens is 2.